The lowest BCUT2D eigenvalue weighted by Crippen LogP contribution is -2.33. The number of aromatic nitrogens is 4. The SMILES string of the molecule is O=c1[nH]cnc2c1nc(Br)n2[C@@H]1O[C@H](CO)[C@H](O)[C@@H]1O. The average molecular weight is 347 g/mol. The van der Waals surface area contributed by atoms with Crippen molar-refractivity contribution in [3.8, 4) is 0 Å². The number of ether oxygens (including phenoxy) is 1. The largest absolute Gasteiger partial charge is 0.394 e. The van der Waals surface area contributed by atoms with Crippen molar-refractivity contribution in [2.75, 3.05) is 6.61 Å². The Bertz CT molecular complexity index is 701. The molecule has 2 aromatic heterocycles. The van der Waals surface area contributed by atoms with Crippen molar-refractivity contribution in [1.82, 2.24) is 19.5 Å². The molecular weight excluding hydrogens is 336 g/mol. The van der Waals surface area contributed by atoms with Gasteiger partial charge in [0.1, 0.15) is 18.3 Å². The number of imidazole rings is 1. The molecule has 4 atom stereocenters. The van der Waals surface area contributed by atoms with Crippen LogP contribution >= 0.6 is 15.9 Å². The van der Waals surface area contributed by atoms with Crippen molar-refractivity contribution >= 4 is 27.1 Å². The van der Waals surface area contributed by atoms with Crippen LogP contribution in [0.15, 0.2) is 15.9 Å². The second-order valence-corrected chi connectivity index (χ2v) is 5.09. The predicted octanol–water partition coefficient (Wildman–Crippen LogP) is -1.51. The first-order valence-corrected chi connectivity index (χ1v) is 6.57. The molecule has 3 rings (SSSR count). The van der Waals surface area contributed by atoms with E-state index in [4.69, 9.17) is 9.84 Å². The Morgan fingerprint density at radius 2 is 2.20 bits per heavy atom. The van der Waals surface area contributed by atoms with Crippen LogP contribution in [0, 0.1) is 0 Å². The standard InChI is InChI=1S/C10H11BrN4O5/c11-10-14-4-7(12-2-13-8(4)19)15(10)9-6(18)5(17)3(1-16)20-9/h2-3,5-6,9,16-18H,1H2,(H,12,13,19)/t3-,5+,6+,9-/m1/s1. The zero-order valence-electron chi connectivity index (χ0n) is 9.97. The highest BCUT2D eigenvalue weighted by Gasteiger charge is 2.44. The third kappa shape index (κ3) is 1.88. The molecule has 1 saturated heterocycles. The molecule has 0 aliphatic carbocycles. The smallest absolute Gasteiger partial charge is 0.278 e. The summed E-state index contributed by atoms with van der Waals surface area (Å²) in [6.07, 6.45) is -3.23. The molecule has 0 unspecified atom stereocenters. The molecule has 0 saturated carbocycles. The Hall–Kier alpha value is -1.33. The molecule has 3 heterocycles. The summed E-state index contributed by atoms with van der Waals surface area (Å²) >= 11 is 3.17. The highest BCUT2D eigenvalue weighted by Crippen LogP contribution is 2.33. The fraction of sp³-hybridized carbons (Fsp3) is 0.500. The summed E-state index contributed by atoms with van der Waals surface area (Å²) in [7, 11) is 0. The summed E-state index contributed by atoms with van der Waals surface area (Å²) in [5, 5.41) is 28.9. The first kappa shape index (κ1) is 13.6. The van der Waals surface area contributed by atoms with Crippen molar-refractivity contribution in [2.45, 2.75) is 24.5 Å². The van der Waals surface area contributed by atoms with E-state index >= 15 is 0 Å². The van der Waals surface area contributed by atoms with Crippen LogP contribution in [0.2, 0.25) is 0 Å². The second kappa shape index (κ2) is 4.90. The monoisotopic (exact) mass is 346 g/mol. The van der Waals surface area contributed by atoms with Crippen molar-refractivity contribution in [1.29, 1.82) is 0 Å². The lowest BCUT2D eigenvalue weighted by molar-refractivity contribution is -0.0521. The fourth-order valence-electron chi connectivity index (χ4n) is 2.21. The van der Waals surface area contributed by atoms with E-state index < -0.39 is 36.7 Å². The summed E-state index contributed by atoms with van der Waals surface area (Å²) in [4.78, 5) is 22.0. The van der Waals surface area contributed by atoms with Crippen molar-refractivity contribution in [3.05, 3.63) is 21.4 Å². The van der Waals surface area contributed by atoms with Gasteiger partial charge in [-0.25, -0.2) is 9.97 Å². The van der Waals surface area contributed by atoms with Crippen molar-refractivity contribution in [2.24, 2.45) is 0 Å². The van der Waals surface area contributed by atoms with Crippen LogP contribution in [0.1, 0.15) is 6.23 Å². The normalized spacial score (nSPS) is 30.2. The molecule has 0 bridgehead atoms. The number of aliphatic hydroxyl groups excluding tert-OH is 3. The first-order chi connectivity index (χ1) is 9.54. The molecule has 20 heavy (non-hydrogen) atoms. The lowest BCUT2D eigenvalue weighted by atomic mass is 10.1. The highest BCUT2D eigenvalue weighted by atomic mass is 79.9. The first-order valence-electron chi connectivity index (χ1n) is 5.78. The molecule has 108 valence electrons. The number of nitrogens with one attached hydrogen (secondary N) is 1. The quantitative estimate of drug-likeness (QED) is 0.486. The number of aliphatic hydroxyl groups is 3. The maximum atomic E-state index is 11.6. The lowest BCUT2D eigenvalue weighted by Gasteiger charge is -2.17. The van der Waals surface area contributed by atoms with E-state index in [-0.39, 0.29) is 15.9 Å². The van der Waals surface area contributed by atoms with E-state index in [0.717, 1.165) is 0 Å². The van der Waals surface area contributed by atoms with Gasteiger partial charge in [0.05, 0.1) is 12.9 Å². The van der Waals surface area contributed by atoms with Gasteiger partial charge in [0.15, 0.2) is 22.1 Å². The summed E-state index contributed by atoms with van der Waals surface area (Å²) in [5.74, 6) is 0. The van der Waals surface area contributed by atoms with Gasteiger partial charge < -0.3 is 25.0 Å². The molecule has 10 heteroatoms. The van der Waals surface area contributed by atoms with E-state index in [1.807, 2.05) is 0 Å². The van der Waals surface area contributed by atoms with Gasteiger partial charge in [-0.05, 0) is 15.9 Å². The van der Waals surface area contributed by atoms with E-state index in [0.29, 0.717) is 0 Å². The minimum Gasteiger partial charge on any atom is -0.394 e. The number of hydrogen-bond donors (Lipinski definition) is 4. The maximum absolute atomic E-state index is 11.6. The predicted molar refractivity (Wildman–Crippen MR) is 68.9 cm³/mol. The number of rotatable bonds is 2. The minimum absolute atomic E-state index is 0.0807. The van der Waals surface area contributed by atoms with Crippen molar-refractivity contribution in [3.63, 3.8) is 0 Å². The Labute approximate surface area is 120 Å². The van der Waals surface area contributed by atoms with Gasteiger partial charge in [-0.1, -0.05) is 0 Å². The van der Waals surface area contributed by atoms with E-state index in [1.165, 1.54) is 10.9 Å². The molecule has 0 spiro atoms. The van der Waals surface area contributed by atoms with E-state index in [1.54, 1.807) is 0 Å². The highest BCUT2D eigenvalue weighted by molar-refractivity contribution is 9.10. The van der Waals surface area contributed by atoms with Crippen LogP contribution in [0.4, 0.5) is 0 Å². The Morgan fingerprint density at radius 1 is 1.45 bits per heavy atom. The molecule has 4 N–H and O–H groups in total. The molecule has 1 fully saturated rings. The van der Waals surface area contributed by atoms with Gasteiger partial charge >= 0.3 is 0 Å². The van der Waals surface area contributed by atoms with Crippen LogP contribution in [-0.2, 0) is 4.74 Å². The van der Waals surface area contributed by atoms with Crippen molar-refractivity contribution < 1.29 is 20.1 Å². The topological polar surface area (TPSA) is 133 Å². The number of aromatic amines is 1. The number of fused-ring (bicyclic) bond motifs is 1. The molecule has 2 aromatic rings. The van der Waals surface area contributed by atoms with Crippen LogP contribution in [0.3, 0.4) is 0 Å². The second-order valence-electron chi connectivity index (χ2n) is 4.38. The minimum atomic E-state index is -1.28. The summed E-state index contributed by atoms with van der Waals surface area (Å²) in [5.41, 5.74) is -0.145. The number of H-pyrrole nitrogens is 1. The Kier molecular flexibility index (Phi) is 3.34. The molecule has 9 nitrogen and oxygen atoms in total. The van der Waals surface area contributed by atoms with Gasteiger partial charge in [0.2, 0.25) is 0 Å². The van der Waals surface area contributed by atoms with Gasteiger partial charge in [0.25, 0.3) is 5.56 Å². The third-order valence-electron chi connectivity index (χ3n) is 3.21. The molecule has 1 aliphatic rings. The van der Waals surface area contributed by atoms with Crippen LogP contribution in [0.25, 0.3) is 11.2 Å². The number of halogens is 1. The zero-order valence-corrected chi connectivity index (χ0v) is 11.6. The molecular formula is C10H11BrN4O5. The average Bonchev–Trinajstić information content (AvgIpc) is 2.90. The van der Waals surface area contributed by atoms with Gasteiger partial charge in [-0.15, -0.1) is 0 Å². The molecule has 1 aliphatic heterocycles. The zero-order chi connectivity index (χ0) is 14.4. The molecule has 0 aromatic carbocycles. The van der Waals surface area contributed by atoms with Gasteiger partial charge in [-0.3, -0.25) is 9.36 Å². The van der Waals surface area contributed by atoms with Gasteiger partial charge in [0, 0.05) is 0 Å². The summed E-state index contributed by atoms with van der Waals surface area (Å²) in [6, 6.07) is 0. The molecule has 0 amide bonds. The molecule has 0 radical (unpaired) electrons. The van der Waals surface area contributed by atoms with E-state index in [2.05, 4.69) is 30.9 Å². The third-order valence-corrected chi connectivity index (χ3v) is 3.77. The van der Waals surface area contributed by atoms with Gasteiger partial charge in [-0.2, -0.15) is 0 Å². The summed E-state index contributed by atoms with van der Waals surface area (Å²) < 4.78 is 6.98. The van der Waals surface area contributed by atoms with Crippen LogP contribution < -0.4 is 5.56 Å². The number of hydrogen-bond acceptors (Lipinski definition) is 7. The number of nitrogens with zero attached hydrogens (tertiary/aromatic N) is 3. The van der Waals surface area contributed by atoms with Crippen LogP contribution in [-0.4, -0.2) is 59.8 Å². The summed E-state index contributed by atoms with van der Waals surface area (Å²) in [6.45, 7) is -0.438. The fourth-order valence-corrected chi connectivity index (χ4v) is 2.76. The Balaban J connectivity index is 2.14. The maximum Gasteiger partial charge on any atom is 0.278 e. The van der Waals surface area contributed by atoms with Crippen LogP contribution in [0.5, 0.6) is 0 Å². The Morgan fingerprint density at radius 3 is 2.85 bits per heavy atom. The van der Waals surface area contributed by atoms with E-state index in [9.17, 15) is 15.0 Å².